The lowest BCUT2D eigenvalue weighted by atomic mass is 10.1. The summed E-state index contributed by atoms with van der Waals surface area (Å²) in [6, 6.07) is 11.0. The lowest BCUT2D eigenvalue weighted by Gasteiger charge is -2.08. The highest BCUT2D eigenvalue weighted by Crippen LogP contribution is 2.15. The summed E-state index contributed by atoms with van der Waals surface area (Å²) in [5.74, 6) is -1.34. The summed E-state index contributed by atoms with van der Waals surface area (Å²) in [6.07, 6.45) is -0.0635. The van der Waals surface area contributed by atoms with Crippen LogP contribution in [0.2, 0.25) is 0 Å². The average molecular weight is 352 g/mol. The Morgan fingerprint density at radius 1 is 0.840 bits per heavy atom. The number of ether oxygens (including phenoxy) is 1. The fraction of sp³-hybridized carbons (Fsp3) is 0.176. The zero-order chi connectivity index (χ0) is 18.2. The Balaban J connectivity index is 1.76. The number of halogens is 3. The second kappa shape index (κ2) is 8.72. The Morgan fingerprint density at radius 2 is 1.28 bits per heavy atom. The zero-order valence-electron chi connectivity index (χ0n) is 13.0. The normalized spacial score (nSPS) is 10.4. The third-order valence-electron chi connectivity index (χ3n) is 3.13. The maximum absolute atomic E-state index is 12.8. The first-order valence-electron chi connectivity index (χ1n) is 7.28. The summed E-state index contributed by atoms with van der Waals surface area (Å²) in [6.45, 7) is -2.91. The van der Waals surface area contributed by atoms with Crippen LogP contribution in [0.5, 0.6) is 5.75 Å². The fourth-order valence-corrected chi connectivity index (χ4v) is 1.99. The minimum absolute atomic E-state index is 0.00763. The summed E-state index contributed by atoms with van der Waals surface area (Å²) in [5.41, 5.74) is 5.65. The molecule has 0 fully saturated rings. The van der Waals surface area contributed by atoms with Crippen LogP contribution in [0.25, 0.3) is 0 Å². The van der Waals surface area contributed by atoms with E-state index in [4.69, 9.17) is 0 Å². The van der Waals surface area contributed by atoms with Crippen LogP contribution >= 0.6 is 0 Å². The summed E-state index contributed by atoms with van der Waals surface area (Å²) in [5, 5.41) is 0. The molecule has 0 unspecified atom stereocenters. The molecule has 8 heteroatoms. The zero-order valence-corrected chi connectivity index (χ0v) is 13.0. The molecule has 0 radical (unpaired) electrons. The van der Waals surface area contributed by atoms with E-state index in [0.717, 1.165) is 0 Å². The van der Waals surface area contributed by atoms with E-state index >= 15 is 0 Å². The van der Waals surface area contributed by atoms with E-state index < -0.39 is 24.2 Å². The molecule has 0 atom stereocenters. The van der Waals surface area contributed by atoms with E-state index in [1.807, 2.05) is 0 Å². The highest BCUT2D eigenvalue weighted by molar-refractivity contribution is 5.84. The summed E-state index contributed by atoms with van der Waals surface area (Å²) in [4.78, 5) is 23.4. The molecule has 0 saturated carbocycles. The molecular formula is C17H15F3N2O3. The maximum Gasteiger partial charge on any atom is 0.387 e. The van der Waals surface area contributed by atoms with Crippen molar-refractivity contribution in [1.29, 1.82) is 0 Å². The Labute approximate surface area is 141 Å². The molecule has 0 aliphatic carbocycles. The van der Waals surface area contributed by atoms with Crippen molar-refractivity contribution < 1.29 is 27.5 Å². The van der Waals surface area contributed by atoms with Gasteiger partial charge >= 0.3 is 6.61 Å². The number of alkyl halides is 2. The highest BCUT2D eigenvalue weighted by Gasteiger charge is 2.08. The number of rotatable bonds is 6. The average Bonchev–Trinajstić information content (AvgIpc) is 2.56. The Hall–Kier alpha value is -3.03. The molecule has 0 heterocycles. The van der Waals surface area contributed by atoms with Crippen LogP contribution in [0.4, 0.5) is 13.2 Å². The van der Waals surface area contributed by atoms with Crippen LogP contribution in [-0.2, 0) is 22.4 Å². The molecule has 25 heavy (non-hydrogen) atoms. The van der Waals surface area contributed by atoms with Gasteiger partial charge in [0.05, 0.1) is 12.8 Å². The maximum atomic E-state index is 12.8. The first-order chi connectivity index (χ1) is 11.9. The van der Waals surface area contributed by atoms with Gasteiger partial charge in [-0.05, 0) is 35.4 Å². The van der Waals surface area contributed by atoms with E-state index in [1.165, 1.54) is 48.5 Å². The van der Waals surface area contributed by atoms with Gasteiger partial charge in [0, 0.05) is 0 Å². The number of nitrogens with one attached hydrogen (secondary N) is 2. The van der Waals surface area contributed by atoms with E-state index in [2.05, 4.69) is 15.6 Å². The van der Waals surface area contributed by atoms with Gasteiger partial charge in [-0.25, -0.2) is 4.39 Å². The standard InChI is InChI=1S/C17H15F3N2O3/c18-13-5-1-11(2-6-13)9-15(23)21-22-16(24)10-12-3-7-14(8-4-12)25-17(19)20/h1-8,17H,9-10H2,(H,21,23)(H,22,24). The third-order valence-corrected chi connectivity index (χ3v) is 3.13. The van der Waals surface area contributed by atoms with Gasteiger partial charge in [0.1, 0.15) is 11.6 Å². The van der Waals surface area contributed by atoms with Crippen molar-refractivity contribution in [3.05, 3.63) is 65.5 Å². The second-order valence-corrected chi connectivity index (χ2v) is 5.10. The lowest BCUT2D eigenvalue weighted by Crippen LogP contribution is -2.43. The van der Waals surface area contributed by atoms with Crippen LogP contribution in [0.3, 0.4) is 0 Å². The monoisotopic (exact) mass is 352 g/mol. The molecule has 5 nitrogen and oxygen atoms in total. The van der Waals surface area contributed by atoms with Crippen molar-refractivity contribution in [2.24, 2.45) is 0 Å². The first kappa shape index (κ1) is 18.3. The van der Waals surface area contributed by atoms with E-state index in [-0.39, 0.29) is 18.6 Å². The number of carbonyl (C=O) groups excluding carboxylic acids is 2. The van der Waals surface area contributed by atoms with Crippen LogP contribution in [0, 0.1) is 5.82 Å². The van der Waals surface area contributed by atoms with Gasteiger partial charge in [-0.3, -0.25) is 20.4 Å². The number of benzene rings is 2. The summed E-state index contributed by atoms with van der Waals surface area (Å²) >= 11 is 0. The van der Waals surface area contributed by atoms with Crippen molar-refractivity contribution in [3.8, 4) is 5.75 Å². The molecule has 0 saturated heterocycles. The number of hydrogen-bond acceptors (Lipinski definition) is 3. The topological polar surface area (TPSA) is 67.4 Å². The predicted molar refractivity (Wildman–Crippen MR) is 83.2 cm³/mol. The number of hydrazine groups is 1. The van der Waals surface area contributed by atoms with E-state index in [0.29, 0.717) is 11.1 Å². The SMILES string of the molecule is O=C(Cc1ccc(F)cc1)NNC(=O)Cc1ccc(OC(F)F)cc1. The largest absolute Gasteiger partial charge is 0.435 e. The van der Waals surface area contributed by atoms with Crippen molar-refractivity contribution in [1.82, 2.24) is 10.9 Å². The van der Waals surface area contributed by atoms with Crippen LogP contribution in [0.1, 0.15) is 11.1 Å². The molecule has 132 valence electrons. The predicted octanol–water partition coefficient (Wildman–Crippen LogP) is 2.36. The molecule has 2 N–H and O–H groups in total. The van der Waals surface area contributed by atoms with Crippen molar-refractivity contribution in [3.63, 3.8) is 0 Å². The van der Waals surface area contributed by atoms with Crippen molar-refractivity contribution >= 4 is 11.8 Å². The highest BCUT2D eigenvalue weighted by atomic mass is 19.3. The molecule has 2 amide bonds. The summed E-state index contributed by atoms with van der Waals surface area (Å²) < 4.78 is 41.0. The Bertz CT molecular complexity index is 719. The van der Waals surface area contributed by atoms with E-state index in [1.54, 1.807) is 0 Å². The molecular weight excluding hydrogens is 337 g/mol. The smallest absolute Gasteiger partial charge is 0.387 e. The van der Waals surface area contributed by atoms with Gasteiger partial charge in [-0.15, -0.1) is 0 Å². The van der Waals surface area contributed by atoms with Gasteiger partial charge in [0.25, 0.3) is 0 Å². The lowest BCUT2D eigenvalue weighted by molar-refractivity contribution is -0.128. The van der Waals surface area contributed by atoms with Gasteiger partial charge in [0.2, 0.25) is 11.8 Å². The van der Waals surface area contributed by atoms with Crippen molar-refractivity contribution in [2.75, 3.05) is 0 Å². The molecule has 2 aromatic carbocycles. The van der Waals surface area contributed by atoms with Gasteiger partial charge in [-0.1, -0.05) is 24.3 Å². The Morgan fingerprint density at radius 3 is 1.72 bits per heavy atom. The number of hydrogen-bond donors (Lipinski definition) is 2. The van der Waals surface area contributed by atoms with Gasteiger partial charge < -0.3 is 4.74 Å². The summed E-state index contributed by atoms with van der Waals surface area (Å²) in [7, 11) is 0. The third kappa shape index (κ3) is 6.54. The molecule has 0 aromatic heterocycles. The first-order valence-corrected chi connectivity index (χ1v) is 7.28. The van der Waals surface area contributed by atoms with Crippen molar-refractivity contribution in [2.45, 2.75) is 19.5 Å². The van der Waals surface area contributed by atoms with Crippen LogP contribution in [0.15, 0.2) is 48.5 Å². The van der Waals surface area contributed by atoms with Crippen LogP contribution in [-0.4, -0.2) is 18.4 Å². The Kier molecular flexibility index (Phi) is 6.39. The number of amides is 2. The molecule has 0 bridgehead atoms. The molecule has 2 aromatic rings. The molecule has 0 spiro atoms. The minimum Gasteiger partial charge on any atom is -0.435 e. The van der Waals surface area contributed by atoms with Crippen LogP contribution < -0.4 is 15.6 Å². The van der Waals surface area contributed by atoms with Gasteiger partial charge in [-0.2, -0.15) is 8.78 Å². The second-order valence-electron chi connectivity index (χ2n) is 5.10. The molecule has 2 rings (SSSR count). The quantitative estimate of drug-likeness (QED) is 0.785. The fourth-order valence-electron chi connectivity index (χ4n) is 1.99. The minimum atomic E-state index is -2.91. The molecule has 0 aliphatic rings. The number of carbonyl (C=O) groups is 2. The molecule has 0 aliphatic heterocycles. The van der Waals surface area contributed by atoms with E-state index in [9.17, 15) is 22.8 Å². The van der Waals surface area contributed by atoms with Gasteiger partial charge in [0.15, 0.2) is 0 Å².